The molecule has 2 heterocycles. The number of aromatic nitrogens is 2. The fourth-order valence-electron chi connectivity index (χ4n) is 1.33. The molecule has 1 atom stereocenters. The van der Waals surface area contributed by atoms with Crippen molar-refractivity contribution in [2.45, 2.75) is 6.10 Å². The Bertz CT molecular complexity index is 503. The molecule has 0 saturated heterocycles. The van der Waals surface area contributed by atoms with Crippen LogP contribution in [0, 0.1) is 0 Å². The number of aliphatic hydroxyl groups is 2. The van der Waals surface area contributed by atoms with Gasteiger partial charge < -0.3 is 15.5 Å². The third-order valence-electron chi connectivity index (χ3n) is 2.17. The van der Waals surface area contributed by atoms with Crippen LogP contribution < -0.4 is 16.6 Å². The molecule has 2 aromatic rings. The Hall–Kier alpha value is -1.48. The molecule has 0 spiro atoms. The third-order valence-corrected chi connectivity index (χ3v) is 2.98. The van der Waals surface area contributed by atoms with Crippen LogP contribution in [0.1, 0.15) is 0 Å². The molecule has 0 aliphatic rings. The number of anilines is 2. The second-order valence-corrected chi connectivity index (χ2v) is 4.29. The lowest BCUT2D eigenvalue weighted by Gasteiger charge is -2.11. The molecular formula is C9H13N5O2S. The molecule has 0 radical (unpaired) electrons. The number of nitrogens with two attached hydrogens (primary N) is 1. The van der Waals surface area contributed by atoms with Crippen molar-refractivity contribution in [2.24, 2.45) is 5.84 Å². The van der Waals surface area contributed by atoms with Crippen LogP contribution in [0.4, 0.5) is 11.8 Å². The van der Waals surface area contributed by atoms with E-state index < -0.39 is 6.10 Å². The van der Waals surface area contributed by atoms with Crippen molar-refractivity contribution in [2.75, 3.05) is 23.9 Å². The van der Waals surface area contributed by atoms with E-state index in [-0.39, 0.29) is 13.2 Å². The summed E-state index contributed by atoms with van der Waals surface area (Å²) in [5.74, 6) is 6.16. The molecule has 0 amide bonds. The summed E-state index contributed by atoms with van der Waals surface area (Å²) >= 11 is 1.47. The minimum Gasteiger partial charge on any atom is -0.394 e. The summed E-state index contributed by atoms with van der Waals surface area (Å²) in [7, 11) is 0. The normalized spacial score (nSPS) is 12.6. The van der Waals surface area contributed by atoms with Crippen LogP contribution in [0.15, 0.2) is 11.4 Å². The fraction of sp³-hybridized carbons (Fsp3) is 0.333. The van der Waals surface area contributed by atoms with E-state index in [0.29, 0.717) is 11.8 Å². The molecule has 6 N–H and O–H groups in total. The first-order chi connectivity index (χ1) is 8.24. The lowest BCUT2D eigenvalue weighted by atomic mass is 10.3. The fourth-order valence-corrected chi connectivity index (χ4v) is 2.10. The summed E-state index contributed by atoms with van der Waals surface area (Å²) in [5.41, 5.74) is 2.38. The highest BCUT2D eigenvalue weighted by Crippen LogP contribution is 2.26. The van der Waals surface area contributed by atoms with Gasteiger partial charge in [0.2, 0.25) is 5.95 Å². The Kier molecular flexibility index (Phi) is 3.69. The van der Waals surface area contributed by atoms with Gasteiger partial charge in [0.25, 0.3) is 0 Å². The van der Waals surface area contributed by atoms with Crippen molar-refractivity contribution in [3.05, 3.63) is 11.4 Å². The summed E-state index contributed by atoms with van der Waals surface area (Å²) in [6.45, 7) is -0.0880. The second kappa shape index (κ2) is 5.23. The van der Waals surface area contributed by atoms with Crippen molar-refractivity contribution in [3.8, 4) is 0 Å². The molecule has 0 fully saturated rings. The quantitative estimate of drug-likeness (QED) is 0.369. The summed E-state index contributed by atoms with van der Waals surface area (Å²) < 4.78 is 0. The molecule has 2 rings (SSSR count). The van der Waals surface area contributed by atoms with Gasteiger partial charge in [-0.25, -0.2) is 10.8 Å². The van der Waals surface area contributed by atoms with E-state index in [4.69, 9.17) is 10.9 Å². The van der Waals surface area contributed by atoms with Gasteiger partial charge >= 0.3 is 0 Å². The number of thiophene rings is 1. The van der Waals surface area contributed by atoms with Gasteiger partial charge in [0.1, 0.15) is 10.6 Å². The third kappa shape index (κ3) is 2.61. The molecule has 17 heavy (non-hydrogen) atoms. The maximum absolute atomic E-state index is 9.27. The standard InChI is InChI=1S/C9H13N5O2S/c10-14-9-12-7(11-3-5(16)4-15)6-1-2-17-8(6)13-9/h1-2,5,15-16H,3-4,10H2,(H2,11,12,13,14). The first-order valence-electron chi connectivity index (χ1n) is 4.99. The van der Waals surface area contributed by atoms with Crippen molar-refractivity contribution in [3.63, 3.8) is 0 Å². The van der Waals surface area contributed by atoms with Gasteiger partial charge in [-0.05, 0) is 11.4 Å². The maximum atomic E-state index is 9.27. The van der Waals surface area contributed by atoms with Crippen LogP contribution in [0.25, 0.3) is 10.2 Å². The van der Waals surface area contributed by atoms with Gasteiger partial charge in [-0.15, -0.1) is 11.3 Å². The lowest BCUT2D eigenvalue weighted by Crippen LogP contribution is -2.23. The number of nitrogens with one attached hydrogen (secondary N) is 2. The van der Waals surface area contributed by atoms with Crippen molar-refractivity contribution in [1.82, 2.24) is 9.97 Å². The number of rotatable bonds is 5. The summed E-state index contributed by atoms with van der Waals surface area (Å²) in [6, 6.07) is 1.88. The first kappa shape index (κ1) is 12.0. The second-order valence-electron chi connectivity index (χ2n) is 3.40. The van der Waals surface area contributed by atoms with E-state index in [1.54, 1.807) is 0 Å². The topological polar surface area (TPSA) is 116 Å². The van der Waals surface area contributed by atoms with E-state index >= 15 is 0 Å². The lowest BCUT2D eigenvalue weighted by molar-refractivity contribution is 0.105. The Morgan fingerprint density at radius 1 is 1.47 bits per heavy atom. The van der Waals surface area contributed by atoms with Crippen LogP contribution in [0.5, 0.6) is 0 Å². The summed E-state index contributed by atoms with van der Waals surface area (Å²) in [5, 5.41) is 23.7. The predicted octanol–water partition coefficient (Wildman–Crippen LogP) is -0.258. The van der Waals surface area contributed by atoms with Crippen LogP contribution in [0.3, 0.4) is 0 Å². The van der Waals surface area contributed by atoms with Gasteiger partial charge in [0.05, 0.1) is 18.1 Å². The number of hydrogen-bond acceptors (Lipinski definition) is 8. The number of aliphatic hydroxyl groups excluding tert-OH is 2. The summed E-state index contributed by atoms with van der Waals surface area (Å²) in [6.07, 6.45) is -0.826. The number of hydrazine groups is 1. The first-order valence-corrected chi connectivity index (χ1v) is 5.87. The zero-order valence-corrected chi connectivity index (χ0v) is 9.74. The van der Waals surface area contributed by atoms with E-state index in [0.717, 1.165) is 10.2 Å². The number of nitrogens with zero attached hydrogens (tertiary/aromatic N) is 2. The number of fused-ring (bicyclic) bond motifs is 1. The Balaban J connectivity index is 2.27. The van der Waals surface area contributed by atoms with E-state index in [1.807, 2.05) is 11.4 Å². The Labute approximate surface area is 101 Å². The minimum atomic E-state index is -0.826. The van der Waals surface area contributed by atoms with E-state index in [2.05, 4.69) is 20.7 Å². The molecule has 0 bridgehead atoms. The molecule has 8 heteroatoms. The summed E-state index contributed by atoms with van der Waals surface area (Å²) in [4.78, 5) is 9.13. The van der Waals surface area contributed by atoms with Gasteiger partial charge in [0, 0.05) is 6.54 Å². The highest BCUT2D eigenvalue weighted by atomic mass is 32.1. The maximum Gasteiger partial charge on any atom is 0.240 e. The molecule has 0 aliphatic carbocycles. The molecule has 2 aromatic heterocycles. The van der Waals surface area contributed by atoms with Crippen molar-refractivity contribution >= 4 is 33.3 Å². The molecule has 0 saturated carbocycles. The van der Waals surface area contributed by atoms with Crippen molar-refractivity contribution < 1.29 is 10.2 Å². The van der Waals surface area contributed by atoms with E-state index in [1.165, 1.54) is 11.3 Å². The molecule has 7 nitrogen and oxygen atoms in total. The Morgan fingerprint density at radius 2 is 2.29 bits per heavy atom. The number of nitrogen functional groups attached to an aromatic ring is 1. The highest BCUT2D eigenvalue weighted by molar-refractivity contribution is 7.16. The van der Waals surface area contributed by atoms with Gasteiger partial charge in [-0.1, -0.05) is 0 Å². The van der Waals surface area contributed by atoms with Crippen LogP contribution in [-0.2, 0) is 0 Å². The predicted molar refractivity (Wildman–Crippen MR) is 66.8 cm³/mol. The van der Waals surface area contributed by atoms with Crippen LogP contribution in [-0.4, -0.2) is 39.4 Å². The average molecular weight is 255 g/mol. The smallest absolute Gasteiger partial charge is 0.240 e. The zero-order chi connectivity index (χ0) is 12.3. The largest absolute Gasteiger partial charge is 0.394 e. The molecule has 0 aliphatic heterocycles. The number of hydrogen-bond donors (Lipinski definition) is 5. The molecule has 0 aromatic carbocycles. The van der Waals surface area contributed by atoms with Gasteiger partial charge in [0.15, 0.2) is 0 Å². The highest BCUT2D eigenvalue weighted by Gasteiger charge is 2.09. The zero-order valence-electron chi connectivity index (χ0n) is 8.92. The molecule has 1 unspecified atom stereocenters. The van der Waals surface area contributed by atoms with Gasteiger partial charge in [-0.2, -0.15) is 4.98 Å². The van der Waals surface area contributed by atoms with Gasteiger partial charge in [-0.3, -0.25) is 5.43 Å². The van der Waals surface area contributed by atoms with E-state index in [9.17, 15) is 5.11 Å². The molecule has 92 valence electrons. The molecular weight excluding hydrogens is 242 g/mol. The van der Waals surface area contributed by atoms with Crippen LogP contribution >= 0.6 is 11.3 Å². The SMILES string of the molecule is NNc1nc(NCC(O)CO)c2ccsc2n1. The Morgan fingerprint density at radius 3 is 3.00 bits per heavy atom. The van der Waals surface area contributed by atoms with Crippen LogP contribution in [0.2, 0.25) is 0 Å². The minimum absolute atomic E-state index is 0.211. The average Bonchev–Trinajstić information content (AvgIpc) is 2.83. The van der Waals surface area contributed by atoms with Crippen molar-refractivity contribution in [1.29, 1.82) is 0 Å². The monoisotopic (exact) mass is 255 g/mol.